The minimum atomic E-state index is -0.742. The van der Waals surface area contributed by atoms with Gasteiger partial charge in [0.25, 0.3) is 0 Å². The van der Waals surface area contributed by atoms with E-state index in [4.69, 9.17) is 9.47 Å². The van der Waals surface area contributed by atoms with Crippen LogP contribution in [-0.4, -0.2) is 45.3 Å². The van der Waals surface area contributed by atoms with Gasteiger partial charge < -0.3 is 30.7 Å². The predicted octanol–water partition coefficient (Wildman–Crippen LogP) is 3.66. The second kappa shape index (κ2) is 12.7. The van der Waals surface area contributed by atoms with E-state index < -0.39 is 12.1 Å². The summed E-state index contributed by atoms with van der Waals surface area (Å²) in [7, 11) is 3.18. The Kier molecular flexibility index (Phi) is 9.16. The first kappa shape index (κ1) is 24.4. The van der Waals surface area contributed by atoms with E-state index >= 15 is 0 Å². The molecule has 0 aliphatic carbocycles. The molecule has 8 heteroatoms. The average molecular weight is 463 g/mol. The second-order valence-corrected chi connectivity index (χ2v) is 7.52. The minimum absolute atomic E-state index is 0.263. The van der Waals surface area contributed by atoms with Crippen LogP contribution in [0.1, 0.15) is 5.56 Å². The van der Waals surface area contributed by atoms with E-state index in [0.29, 0.717) is 30.9 Å². The number of carbonyl (C=O) groups excluding carboxylic acids is 2. The monoisotopic (exact) mass is 462 g/mol. The zero-order valence-electron chi connectivity index (χ0n) is 19.3. The highest BCUT2D eigenvalue weighted by atomic mass is 16.5. The first-order valence-corrected chi connectivity index (χ1v) is 11.0. The molecule has 8 nitrogen and oxygen atoms in total. The van der Waals surface area contributed by atoms with Crippen LogP contribution in [0.4, 0.5) is 16.2 Å². The molecule has 0 radical (unpaired) electrons. The van der Waals surface area contributed by atoms with Gasteiger partial charge in [0, 0.05) is 37.0 Å². The van der Waals surface area contributed by atoms with E-state index in [0.717, 1.165) is 17.0 Å². The number of anilines is 2. The number of urea groups is 1. The summed E-state index contributed by atoms with van der Waals surface area (Å²) in [6.45, 7) is 0.932. The molecule has 3 amide bonds. The van der Waals surface area contributed by atoms with Gasteiger partial charge in [-0.25, -0.2) is 4.79 Å². The molecule has 3 rings (SSSR count). The Morgan fingerprint density at radius 3 is 2.24 bits per heavy atom. The normalized spacial score (nSPS) is 11.1. The standard InChI is InChI=1S/C26H30N4O4/c1-33-22-13-11-20(12-14-22)27-15-16-28-25(31)24(17-19-7-4-3-5-8-19)30-26(32)29-21-9-6-10-23(18-21)34-2/h3-14,18,24,27H,15-17H2,1-2H3,(H,28,31)(H2,29,30,32)/t24-/m0/s1. The third kappa shape index (κ3) is 7.74. The topological polar surface area (TPSA) is 101 Å². The van der Waals surface area contributed by atoms with Crippen molar-refractivity contribution in [3.8, 4) is 11.5 Å². The fraction of sp³-hybridized carbons (Fsp3) is 0.231. The van der Waals surface area contributed by atoms with Crippen LogP contribution in [0.15, 0.2) is 78.9 Å². The molecule has 0 saturated heterocycles. The number of nitrogens with one attached hydrogen (secondary N) is 4. The molecule has 0 unspecified atom stereocenters. The Labute approximate surface area is 199 Å². The quantitative estimate of drug-likeness (QED) is 0.326. The number of hydrogen-bond donors (Lipinski definition) is 4. The van der Waals surface area contributed by atoms with E-state index in [1.807, 2.05) is 54.6 Å². The Hall–Kier alpha value is -4.20. The Morgan fingerprint density at radius 1 is 0.794 bits per heavy atom. The number of methoxy groups -OCH3 is 2. The molecule has 3 aromatic carbocycles. The van der Waals surface area contributed by atoms with Gasteiger partial charge in [0.05, 0.1) is 14.2 Å². The van der Waals surface area contributed by atoms with Gasteiger partial charge in [-0.2, -0.15) is 0 Å². The van der Waals surface area contributed by atoms with Gasteiger partial charge in [-0.3, -0.25) is 4.79 Å². The molecule has 0 spiro atoms. The molecule has 1 atom stereocenters. The van der Waals surface area contributed by atoms with Crippen LogP contribution in [0.25, 0.3) is 0 Å². The molecule has 0 aliphatic heterocycles. The summed E-state index contributed by atoms with van der Waals surface area (Å²) in [6, 6.07) is 22.9. The second-order valence-electron chi connectivity index (χ2n) is 7.52. The van der Waals surface area contributed by atoms with Gasteiger partial charge in [0.15, 0.2) is 0 Å². The molecule has 34 heavy (non-hydrogen) atoms. The van der Waals surface area contributed by atoms with Crippen molar-refractivity contribution in [2.75, 3.05) is 37.9 Å². The molecule has 0 heterocycles. The molecule has 0 fully saturated rings. The van der Waals surface area contributed by atoms with E-state index in [-0.39, 0.29) is 5.91 Å². The third-order valence-electron chi connectivity index (χ3n) is 5.08. The lowest BCUT2D eigenvalue weighted by Crippen LogP contribution is -2.50. The molecular weight excluding hydrogens is 432 g/mol. The number of benzene rings is 3. The lowest BCUT2D eigenvalue weighted by Gasteiger charge is -2.19. The van der Waals surface area contributed by atoms with Crippen LogP contribution >= 0.6 is 0 Å². The highest BCUT2D eigenvalue weighted by Gasteiger charge is 2.21. The van der Waals surface area contributed by atoms with E-state index in [1.54, 1.807) is 38.5 Å². The van der Waals surface area contributed by atoms with Crippen molar-refractivity contribution in [1.29, 1.82) is 0 Å². The van der Waals surface area contributed by atoms with E-state index in [1.165, 1.54) is 0 Å². The summed E-state index contributed by atoms with van der Waals surface area (Å²) < 4.78 is 10.3. The van der Waals surface area contributed by atoms with Crippen LogP contribution in [0, 0.1) is 0 Å². The number of hydrogen-bond acceptors (Lipinski definition) is 5. The molecule has 3 aromatic rings. The van der Waals surface area contributed by atoms with Gasteiger partial charge in [0.1, 0.15) is 17.5 Å². The predicted molar refractivity (Wildman–Crippen MR) is 134 cm³/mol. The molecular formula is C26H30N4O4. The minimum Gasteiger partial charge on any atom is -0.497 e. The maximum Gasteiger partial charge on any atom is 0.319 e. The largest absolute Gasteiger partial charge is 0.497 e. The third-order valence-corrected chi connectivity index (χ3v) is 5.08. The van der Waals surface area contributed by atoms with Crippen molar-refractivity contribution < 1.29 is 19.1 Å². The molecule has 0 aliphatic rings. The van der Waals surface area contributed by atoms with Crippen molar-refractivity contribution in [3.63, 3.8) is 0 Å². The zero-order valence-corrected chi connectivity index (χ0v) is 19.3. The van der Waals surface area contributed by atoms with Crippen LogP contribution in [0.2, 0.25) is 0 Å². The van der Waals surface area contributed by atoms with Crippen LogP contribution in [0.3, 0.4) is 0 Å². The highest BCUT2D eigenvalue weighted by Crippen LogP contribution is 2.17. The van der Waals surface area contributed by atoms with Crippen LogP contribution in [-0.2, 0) is 11.2 Å². The molecule has 178 valence electrons. The highest BCUT2D eigenvalue weighted by molar-refractivity contribution is 5.94. The fourth-order valence-corrected chi connectivity index (χ4v) is 3.31. The van der Waals surface area contributed by atoms with Crippen LogP contribution in [0.5, 0.6) is 11.5 Å². The molecule has 4 N–H and O–H groups in total. The number of amides is 3. The average Bonchev–Trinajstić information content (AvgIpc) is 2.87. The SMILES string of the molecule is COc1ccc(NCCNC(=O)[C@H](Cc2ccccc2)NC(=O)Nc2cccc(OC)c2)cc1. The number of carbonyl (C=O) groups is 2. The molecule has 0 saturated carbocycles. The Bertz CT molecular complexity index is 1060. The first-order valence-electron chi connectivity index (χ1n) is 11.0. The van der Waals surface area contributed by atoms with Gasteiger partial charge in [-0.15, -0.1) is 0 Å². The number of rotatable bonds is 11. The van der Waals surface area contributed by atoms with Gasteiger partial charge in [-0.05, 0) is 42.0 Å². The summed E-state index contributed by atoms with van der Waals surface area (Å²) in [5.41, 5.74) is 2.44. The zero-order chi connectivity index (χ0) is 24.2. The molecule has 0 bridgehead atoms. The fourth-order valence-electron chi connectivity index (χ4n) is 3.31. The lowest BCUT2D eigenvalue weighted by atomic mass is 10.1. The maximum atomic E-state index is 12.9. The summed E-state index contributed by atoms with van der Waals surface area (Å²) in [4.78, 5) is 25.5. The summed E-state index contributed by atoms with van der Waals surface area (Å²) in [5.74, 6) is 1.14. The summed E-state index contributed by atoms with van der Waals surface area (Å²) >= 11 is 0. The van der Waals surface area contributed by atoms with Crippen molar-refractivity contribution in [1.82, 2.24) is 10.6 Å². The van der Waals surface area contributed by atoms with Crippen molar-refractivity contribution in [2.24, 2.45) is 0 Å². The van der Waals surface area contributed by atoms with Crippen molar-refractivity contribution in [3.05, 3.63) is 84.4 Å². The summed E-state index contributed by atoms with van der Waals surface area (Å²) in [5, 5.41) is 11.7. The smallest absolute Gasteiger partial charge is 0.319 e. The maximum absolute atomic E-state index is 12.9. The first-order chi connectivity index (χ1) is 16.6. The van der Waals surface area contributed by atoms with Gasteiger partial charge in [-0.1, -0.05) is 36.4 Å². The van der Waals surface area contributed by atoms with Gasteiger partial charge in [0.2, 0.25) is 5.91 Å². The van der Waals surface area contributed by atoms with Gasteiger partial charge >= 0.3 is 6.03 Å². The van der Waals surface area contributed by atoms with E-state index in [2.05, 4.69) is 21.3 Å². The number of ether oxygens (including phenoxy) is 2. The Balaban J connectivity index is 1.56. The molecule has 0 aromatic heterocycles. The van der Waals surface area contributed by atoms with E-state index in [9.17, 15) is 9.59 Å². The Morgan fingerprint density at radius 2 is 1.53 bits per heavy atom. The van der Waals surface area contributed by atoms with Crippen molar-refractivity contribution in [2.45, 2.75) is 12.5 Å². The summed E-state index contributed by atoms with van der Waals surface area (Å²) in [6.07, 6.45) is 0.365. The lowest BCUT2D eigenvalue weighted by molar-refractivity contribution is -0.122. The van der Waals surface area contributed by atoms with Crippen LogP contribution < -0.4 is 30.7 Å². The van der Waals surface area contributed by atoms with Crippen molar-refractivity contribution >= 4 is 23.3 Å².